The van der Waals surface area contributed by atoms with Crippen molar-refractivity contribution in [3.05, 3.63) is 35.7 Å². The molecule has 2 aliphatic rings. The van der Waals surface area contributed by atoms with Crippen molar-refractivity contribution in [1.29, 1.82) is 0 Å². The van der Waals surface area contributed by atoms with E-state index in [0.29, 0.717) is 17.7 Å². The molecule has 0 unspecified atom stereocenters. The van der Waals surface area contributed by atoms with Crippen LogP contribution in [0.5, 0.6) is 0 Å². The number of benzene rings is 1. The Morgan fingerprint density at radius 1 is 1.00 bits per heavy atom. The normalized spacial score (nSPS) is 19.2. The molecule has 2 fully saturated rings. The number of hydrogen-bond acceptors (Lipinski definition) is 3. The summed E-state index contributed by atoms with van der Waals surface area (Å²) < 4.78 is 1.62. The number of hydrogen-bond donors (Lipinski definition) is 2. The summed E-state index contributed by atoms with van der Waals surface area (Å²) in [5.41, 5.74) is 9.69. The number of nitrogens with zero attached hydrogens (tertiary/aromatic N) is 2. The molecule has 0 spiro atoms. The van der Waals surface area contributed by atoms with Crippen molar-refractivity contribution >= 4 is 5.82 Å². The van der Waals surface area contributed by atoms with Crippen LogP contribution in [-0.2, 0) is 0 Å². The molecule has 0 aliphatic heterocycles. The number of nitrogen functional groups attached to an aromatic ring is 2. The maximum absolute atomic E-state index is 6.27. The Balaban J connectivity index is 1.80. The highest BCUT2D eigenvalue weighted by atomic mass is 15.4. The molecule has 4 N–H and O–H groups in total. The second kappa shape index (κ2) is 4.79. The van der Waals surface area contributed by atoms with Crippen molar-refractivity contribution < 1.29 is 0 Å². The third-order valence-electron chi connectivity index (χ3n) is 4.93. The number of anilines is 1. The first-order chi connectivity index (χ1) is 10.3. The number of aromatic nitrogens is 2. The first-order valence-corrected chi connectivity index (χ1v) is 7.98. The van der Waals surface area contributed by atoms with Crippen molar-refractivity contribution in [2.45, 2.75) is 50.4 Å². The minimum absolute atomic E-state index is 0.471. The summed E-state index contributed by atoms with van der Waals surface area (Å²) in [6.07, 6.45) is 7.44. The van der Waals surface area contributed by atoms with Crippen molar-refractivity contribution in [3.63, 3.8) is 0 Å². The molecule has 0 radical (unpaired) electrons. The lowest BCUT2D eigenvalue weighted by molar-refractivity contribution is 0.648. The van der Waals surface area contributed by atoms with E-state index >= 15 is 0 Å². The predicted octanol–water partition coefficient (Wildman–Crippen LogP) is 3.38. The monoisotopic (exact) mass is 282 g/mol. The molecule has 4 heteroatoms. The van der Waals surface area contributed by atoms with E-state index in [4.69, 9.17) is 16.6 Å². The predicted molar refractivity (Wildman–Crippen MR) is 85.4 cm³/mol. The average molecular weight is 282 g/mol. The van der Waals surface area contributed by atoms with E-state index in [0.717, 1.165) is 11.5 Å². The Labute approximate surface area is 125 Å². The second-order valence-corrected chi connectivity index (χ2v) is 6.42. The first kappa shape index (κ1) is 12.7. The van der Waals surface area contributed by atoms with Gasteiger partial charge in [0.05, 0.1) is 0 Å². The van der Waals surface area contributed by atoms with E-state index < -0.39 is 0 Å². The fraction of sp³-hybridized carbons (Fsp3) is 0.471. The van der Waals surface area contributed by atoms with Crippen molar-refractivity contribution in [1.82, 2.24) is 9.66 Å². The first-order valence-electron chi connectivity index (χ1n) is 7.98. The van der Waals surface area contributed by atoms with Crippen LogP contribution < -0.4 is 11.6 Å². The van der Waals surface area contributed by atoms with Crippen molar-refractivity contribution in [2.75, 3.05) is 11.6 Å². The fourth-order valence-electron chi connectivity index (χ4n) is 3.60. The maximum atomic E-state index is 6.27. The molecule has 2 aromatic rings. The zero-order valence-electron chi connectivity index (χ0n) is 12.3. The molecule has 2 saturated carbocycles. The molecule has 0 atom stereocenters. The summed E-state index contributed by atoms with van der Waals surface area (Å²) in [6, 6.07) is 8.50. The second-order valence-electron chi connectivity index (χ2n) is 6.42. The van der Waals surface area contributed by atoms with Gasteiger partial charge in [-0.3, -0.25) is 0 Å². The molecule has 21 heavy (non-hydrogen) atoms. The third kappa shape index (κ3) is 2.09. The van der Waals surface area contributed by atoms with E-state index in [1.165, 1.54) is 49.7 Å². The molecule has 4 rings (SSSR count). The molecule has 2 aliphatic carbocycles. The van der Waals surface area contributed by atoms with Gasteiger partial charge in [0, 0.05) is 11.5 Å². The summed E-state index contributed by atoms with van der Waals surface area (Å²) >= 11 is 0. The highest BCUT2D eigenvalue weighted by molar-refractivity contribution is 5.75. The number of rotatable bonds is 3. The van der Waals surface area contributed by atoms with Crippen LogP contribution in [0, 0.1) is 0 Å². The quantitative estimate of drug-likeness (QED) is 0.848. The van der Waals surface area contributed by atoms with E-state index in [2.05, 4.69) is 24.3 Å². The molecular weight excluding hydrogens is 260 g/mol. The van der Waals surface area contributed by atoms with Crippen LogP contribution in [0.3, 0.4) is 0 Å². The van der Waals surface area contributed by atoms with E-state index in [1.807, 2.05) is 0 Å². The highest BCUT2D eigenvalue weighted by Crippen LogP contribution is 2.45. The topological polar surface area (TPSA) is 69.9 Å². The lowest BCUT2D eigenvalue weighted by Crippen LogP contribution is -2.17. The van der Waals surface area contributed by atoms with Crippen LogP contribution in [0.4, 0.5) is 5.82 Å². The van der Waals surface area contributed by atoms with E-state index in [1.54, 1.807) is 4.68 Å². The fourth-order valence-corrected chi connectivity index (χ4v) is 3.60. The Morgan fingerprint density at radius 3 is 2.43 bits per heavy atom. The molecule has 1 aromatic heterocycles. The molecule has 0 saturated heterocycles. The van der Waals surface area contributed by atoms with Gasteiger partial charge in [-0.2, -0.15) is 0 Å². The van der Waals surface area contributed by atoms with Crippen LogP contribution in [-0.4, -0.2) is 9.66 Å². The van der Waals surface area contributed by atoms with Gasteiger partial charge in [-0.25, -0.2) is 9.66 Å². The van der Waals surface area contributed by atoms with Gasteiger partial charge in [0.2, 0.25) is 0 Å². The standard InChI is InChI=1S/C17H22N4/c18-16-15(14-8-4-3-7-13(14)11-9-10-11)20-17(21(16)19)12-5-1-2-6-12/h3-4,7-8,11-12H,1-2,5-6,9-10,18-19H2. The van der Waals surface area contributed by atoms with Crippen LogP contribution >= 0.6 is 0 Å². The van der Waals surface area contributed by atoms with Gasteiger partial charge >= 0.3 is 0 Å². The SMILES string of the molecule is Nc1c(-c2ccccc2C2CC2)nc(C2CCCC2)n1N. The Morgan fingerprint density at radius 2 is 1.71 bits per heavy atom. The summed E-state index contributed by atoms with van der Waals surface area (Å²) in [4.78, 5) is 4.85. The molecule has 0 amide bonds. The van der Waals surface area contributed by atoms with Crippen molar-refractivity contribution in [3.8, 4) is 11.3 Å². The molecule has 1 aromatic carbocycles. The zero-order chi connectivity index (χ0) is 14.4. The summed E-state index contributed by atoms with van der Waals surface area (Å²) in [6.45, 7) is 0. The Bertz CT molecular complexity index is 663. The Hall–Kier alpha value is -1.97. The molecule has 1 heterocycles. The Kier molecular flexibility index (Phi) is 2.91. The minimum Gasteiger partial charge on any atom is -0.382 e. The van der Waals surface area contributed by atoms with E-state index in [9.17, 15) is 0 Å². The largest absolute Gasteiger partial charge is 0.382 e. The van der Waals surface area contributed by atoms with Gasteiger partial charge in [0.15, 0.2) is 5.82 Å². The van der Waals surface area contributed by atoms with Gasteiger partial charge in [0.1, 0.15) is 11.5 Å². The number of imidazole rings is 1. The zero-order valence-corrected chi connectivity index (χ0v) is 12.3. The number of nitrogens with two attached hydrogens (primary N) is 2. The lowest BCUT2D eigenvalue weighted by atomic mass is 10.0. The molecule has 110 valence electrons. The van der Waals surface area contributed by atoms with Gasteiger partial charge in [0.25, 0.3) is 0 Å². The summed E-state index contributed by atoms with van der Waals surface area (Å²) in [7, 11) is 0. The molecule has 4 nitrogen and oxygen atoms in total. The maximum Gasteiger partial charge on any atom is 0.150 e. The smallest absolute Gasteiger partial charge is 0.150 e. The van der Waals surface area contributed by atoms with E-state index in [-0.39, 0.29) is 0 Å². The molecular formula is C17H22N4. The van der Waals surface area contributed by atoms with Crippen LogP contribution in [0.2, 0.25) is 0 Å². The lowest BCUT2D eigenvalue weighted by Gasteiger charge is -2.08. The summed E-state index contributed by atoms with van der Waals surface area (Å²) in [5.74, 6) is 8.91. The average Bonchev–Trinajstić information content (AvgIpc) is 3.14. The molecule has 0 bridgehead atoms. The van der Waals surface area contributed by atoms with Gasteiger partial charge in [-0.1, -0.05) is 37.1 Å². The van der Waals surface area contributed by atoms with Crippen LogP contribution in [0.1, 0.15) is 61.7 Å². The van der Waals surface area contributed by atoms with Crippen LogP contribution in [0.25, 0.3) is 11.3 Å². The van der Waals surface area contributed by atoms with Gasteiger partial charge in [-0.15, -0.1) is 0 Å². The minimum atomic E-state index is 0.471. The van der Waals surface area contributed by atoms with Gasteiger partial charge in [-0.05, 0) is 37.2 Å². The van der Waals surface area contributed by atoms with Crippen LogP contribution in [0.15, 0.2) is 24.3 Å². The summed E-state index contributed by atoms with van der Waals surface area (Å²) in [5, 5.41) is 0. The van der Waals surface area contributed by atoms with Crippen molar-refractivity contribution in [2.24, 2.45) is 0 Å². The third-order valence-corrected chi connectivity index (χ3v) is 4.93. The van der Waals surface area contributed by atoms with Gasteiger partial charge < -0.3 is 11.6 Å². The highest BCUT2D eigenvalue weighted by Gasteiger charge is 2.29.